The topological polar surface area (TPSA) is 184 Å². The Hall–Kier alpha value is -3.71. The molecule has 14 heteroatoms. The number of hydrogen-bond acceptors (Lipinski definition) is 14. The molecule has 0 aromatic heterocycles. The summed E-state index contributed by atoms with van der Waals surface area (Å²) >= 11 is 0. The van der Waals surface area contributed by atoms with Gasteiger partial charge in [0, 0.05) is 44.9 Å². The monoisotopic (exact) mass is 1640 g/mol. The van der Waals surface area contributed by atoms with Gasteiger partial charge in [0.05, 0.1) is 5.41 Å². The van der Waals surface area contributed by atoms with Gasteiger partial charge in [0.15, 0.2) is 0 Å². The average Bonchev–Trinajstić information content (AvgIpc) is 0.859. The van der Waals surface area contributed by atoms with Gasteiger partial charge in [0.1, 0.15) is 44.2 Å². The maximum atomic E-state index is 13.5. The molecule has 4 atom stereocenters. The predicted octanol–water partition coefficient (Wildman–Crippen LogP) is 31.2. The first-order valence-electron chi connectivity index (χ1n) is 51.0. The minimum atomic E-state index is -0.895. The molecule has 0 bridgehead atoms. The second-order valence-corrected chi connectivity index (χ2v) is 35.6. The second kappa shape index (κ2) is 87.6. The van der Waals surface area contributed by atoms with E-state index in [1.807, 2.05) is 6.92 Å². The summed E-state index contributed by atoms with van der Waals surface area (Å²) in [6.07, 6.45) is 80.2. The number of unbranched alkanes of at least 4 members (excludes halogenated alkanes) is 52. The van der Waals surface area contributed by atoms with Gasteiger partial charge in [-0.15, -0.1) is 0 Å². The highest BCUT2D eigenvalue weighted by atomic mass is 16.6. The third-order valence-corrected chi connectivity index (χ3v) is 24.2. The molecule has 0 aliphatic heterocycles. The minimum absolute atomic E-state index is 0.0151. The normalized spacial score (nSPS) is 13.1. The van der Waals surface area contributed by atoms with E-state index in [0.29, 0.717) is 51.4 Å². The van der Waals surface area contributed by atoms with Gasteiger partial charge in [-0.1, -0.05) is 364 Å². The van der Waals surface area contributed by atoms with Crippen LogP contribution in [-0.4, -0.2) is 86.0 Å². The number of carbonyl (C=O) groups excluding carboxylic acids is 7. The van der Waals surface area contributed by atoms with E-state index in [9.17, 15) is 33.6 Å². The SMILES string of the molecule is CCCCCCCCCC(CCCCCCCC(=O)OCC(CC)(COC(=O)CCCCCCCC(CCCCCCCCC)OC(=O)CCCCCCC)COC(=O)CCCCCCCC(CCCCCCCCC)OC(=O)CCCCCCCC(CCCCCCCCC)OC(=O)CCCCCCC)OC(=O)CCCCCCC. The lowest BCUT2D eigenvalue weighted by molar-refractivity contribution is -0.163. The van der Waals surface area contributed by atoms with Crippen molar-refractivity contribution in [3.8, 4) is 0 Å². The lowest BCUT2D eigenvalue weighted by Crippen LogP contribution is -2.39. The van der Waals surface area contributed by atoms with Crippen molar-refractivity contribution in [2.24, 2.45) is 5.41 Å². The first-order chi connectivity index (χ1) is 56.7. The Morgan fingerprint density at radius 3 is 0.448 bits per heavy atom. The largest absolute Gasteiger partial charge is 0.465 e. The zero-order valence-corrected chi connectivity index (χ0v) is 78.0. The van der Waals surface area contributed by atoms with Crippen LogP contribution in [0.15, 0.2) is 0 Å². The molecule has 0 aromatic rings. The molecule has 0 rings (SSSR count). The zero-order valence-electron chi connectivity index (χ0n) is 78.0. The highest BCUT2D eigenvalue weighted by Crippen LogP contribution is 2.29. The molecule has 0 aliphatic carbocycles. The molecule has 0 aromatic carbocycles. The maximum Gasteiger partial charge on any atom is 0.306 e. The Labute approximate surface area is 717 Å². The van der Waals surface area contributed by atoms with Crippen LogP contribution in [0.4, 0.5) is 0 Å². The van der Waals surface area contributed by atoms with Crippen molar-refractivity contribution >= 4 is 41.8 Å². The van der Waals surface area contributed by atoms with Crippen molar-refractivity contribution in [1.29, 1.82) is 0 Å². The Kier molecular flexibility index (Phi) is 84.8. The average molecular weight is 1640 g/mol. The van der Waals surface area contributed by atoms with E-state index >= 15 is 0 Å². The van der Waals surface area contributed by atoms with Crippen molar-refractivity contribution < 1.29 is 66.7 Å². The van der Waals surface area contributed by atoms with Gasteiger partial charge >= 0.3 is 41.8 Å². The fourth-order valence-corrected chi connectivity index (χ4v) is 16.0. The number of rotatable bonds is 93. The van der Waals surface area contributed by atoms with Gasteiger partial charge in [-0.05, 0) is 154 Å². The molecule has 0 spiro atoms. The molecule has 4 unspecified atom stereocenters. The maximum absolute atomic E-state index is 13.5. The first-order valence-corrected chi connectivity index (χ1v) is 51.0. The van der Waals surface area contributed by atoms with Crippen molar-refractivity contribution in [3.63, 3.8) is 0 Å². The molecular formula is C102H192O14. The number of esters is 7. The zero-order chi connectivity index (χ0) is 84.8. The highest BCUT2D eigenvalue weighted by molar-refractivity contribution is 5.72. The summed E-state index contributed by atoms with van der Waals surface area (Å²) < 4.78 is 42.5. The summed E-state index contributed by atoms with van der Waals surface area (Å²) in [5.41, 5.74) is -0.895. The van der Waals surface area contributed by atoms with Crippen LogP contribution >= 0.6 is 0 Å². The summed E-state index contributed by atoms with van der Waals surface area (Å²) in [7, 11) is 0. The van der Waals surface area contributed by atoms with E-state index in [4.69, 9.17) is 33.2 Å². The van der Waals surface area contributed by atoms with Gasteiger partial charge in [-0.2, -0.15) is 0 Å². The summed E-state index contributed by atoms with van der Waals surface area (Å²) in [6, 6.07) is 0. The molecule has 684 valence electrons. The summed E-state index contributed by atoms with van der Waals surface area (Å²) in [6.45, 7) is 17.5. The van der Waals surface area contributed by atoms with Crippen LogP contribution in [0.5, 0.6) is 0 Å². The molecule has 0 saturated heterocycles. The van der Waals surface area contributed by atoms with E-state index in [1.54, 1.807) is 0 Å². The van der Waals surface area contributed by atoms with Crippen LogP contribution < -0.4 is 0 Å². The third-order valence-electron chi connectivity index (χ3n) is 24.2. The van der Waals surface area contributed by atoms with Crippen LogP contribution in [0.25, 0.3) is 0 Å². The van der Waals surface area contributed by atoms with Crippen molar-refractivity contribution in [1.82, 2.24) is 0 Å². The molecular weight excluding hydrogens is 1450 g/mol. The standard InChI is InChI=1S/C102H192O14/c1-9-17-24-31-35-46-58-73-91(113-98(106)84-69-43-28-21-13-5)77-62-50-39-54-66-81-95(103)110-88-102(16-8,89-111-96(104)82-67-55-40-51-63-78-92(74-59-47-36-32-25-18-10-2)114-99(107)85-70-44-29-22-14-6)90-112-97(105)83-68-56-41-52-64-79-94(76-61-49-38-34-27-20-12-4)116-101(109)87-72-57-42-53-65-80-93(75-60-48-37-33-26-19-11-3)115-100(108)86-71-45-30-23-15-7/h91-94H,9-90H2,1-8H3. The van der Waals surface area contributed by atoms with Gasteiger partial charge in [0.25, 0.3) is 0 Å². The molecule has 0 saturated carbocycles. The smallest absolute Gasteiger partial charge is 0.306 e. The molecule has 0 N–H and O–H groups in total. The quantitative estimate of drug-likeness (QED) is 0.0318. The number of hydrogen-bond donors (Lipinski definition) is 0. The van der Waals surface area contributed by atoms with Gasteiger partial charge in [-0.25, -0.2) is 0 Å². The van der Waals surface area contributed by atoms with E-state index < -0.39 is 5.41 Å². The molecule has 0 fully saturated rings. The first kappa shape index (κ1) is 112. The Morgan fingerprint density at radius 2 is 0.302 bits per heavy atom. The van der Waals surface area contributed by atoms with Crippen LogP contribution in [0.3, 0.4) is 0 Å². The van der Waals surface area contributed by atoms with Crippen LogP contribution in [0.1, 0.15) is 563 Å². The van der Waals surface area contributed by atoms with E-state index in [-0.39, 0.29) is 105 Å². The molecule has 0 aliphatic rings. The third kappa shape index (κ3) is 77.6. The second-order valence-electron chi connectivity index (χ2n) is 35.6. The van der Waals surface area contributed by atoms with Crippen LogP contribution in [-0.2, 0) is 66.7 Å². The van der Waals surface area contributed by atoms with Crippen LogP contribution in [0.2, 0.25) is 0 Å². The van der Waals surface area contributed by atoms with Gasteiger partial charge < -0.3 is 33.2 Å². The fourth-order valence-electron chi connectivity index (χ4n) is 16.0. The Morgan fingerprint density at radius 1 is 0.172 bits per heavy atom. The number of carbonyl (C=O) groups is 7. The highest BCUT2D eigenvalue weighted by Gasteiger charge is 2.34. The number of ether oxygens (including phenoxy) is 7. The predicted molar refractivity (Wildman–Crippen MR) is 485 cm³/mol. The van der Waals surface area contributed by atoms with E-state index in [0.717, 1.165) is 231 Å². The molecule has 0 heterocycles. The Balaban J connectivity index is 5.68. The van der Waals surface area contributed by atoms with Crippen molar-refractivity contribution in [3.05, 3.63) is 0 Å². The molecule has 14 nitrogen and oxygen atoms in total. The van der Waals surface area contributed by atoms with Crippen molar-refractivity contribution in [2.45, 2.75) is 587 Å². The van der Waals surface area contributed by atoms with Crippen LogP contribution in [0, 0.1) is 5.41 Å². The fraction of sp³-hybridized carbons (Fsp3) is 0.931. The lowest BCUT2D eigenvalue weighted by atomic mass is 9.88. The Bertz CT molecular complexity index is 2100. The van der Waals surface area contributed by atoms with Crippen molar-refractivity contribution in [2.75, 3.05) is 19.8 Å². The van der Waals surface area contributed by atoms with E-state index in [1.165, 1.54) is 205 Å². The molecule has 0 radical (unpaired) electrons. The van der Waals surface area contributed by atoms with Gasteiger partial charge in [0.2, 0.25) is 0 Å². The summed E-state index contributed by atoms with van der Waals surface area (Å²) in [5.74, 6) is -1.14. The molecule has 0 amide bonds. The summed E-state index contributed by atoms with van der Waals surface area (Å²) in [4.78, 5) is 92.5. The van der Waals surface area contributed by atoms with E-state index in [2.05, 4.69) is 48.5 Å². The summed E-state index contributed by atoms with van der Waals surface area (Å²) in [5, 5.41) is 0. The molecule has 116 heavy (non-hydrogen) atoms. The minimum Gasteiger partial charge on any atom is -0.465 e. The van der Waals surface area contributed by atoms with Gasteiger partial charge in [-0.3, -0.25) is 33.6 Å². The lowest BCUT2D eigenvalue weighted by Gasteiger charge is -2.31.